The number of carbonyl (C=O) groups is 1. The highest BCUT2D eigenvalue weighted by molar-refractivity contribution is 5.94. The second kappa shape index (κ2) is 7.46. The van der Waals surface area contributed by atoms with Crippen LogP contribution in [-0.4, -0.2) is 47.8 Å². The summed E-state index contributed by atoms with van der Waals surface area (Å²) in [6.07, 6.45) is 7.15. The van der Waals surface area contributed by atoms with Crippen LogP contribution in [0, 0.1) is 0 Å². The van der Waals surface area contributed by atoms with Gasteiger partial charge in [0.15, 0.2) is 0 Å². The lowest BCUT2D eigenvalue weighted by Gasteiger charge is -2.32. The van der Waals surface area contributed by atoms with E-state index in [0.717, 1.165) is 30.9 Å². The second-order valence-corrected chi connectivity index (χ2v) is 7.12. The monoisotopic (exact) mass is 380 g/mol. The average molecular weight is 380 g/mol. The van der Waals surface area contributed by atoms with Crippen molar-refractivity contribution in [2.75, 3.05) is 13.1 Å². The number of likely N-dealkylation sites (tertiary alicyclic amines) is 1. The summed E-state index contributed by atoms with van der Waals surface area (Å²) < 4.78 is 4.99. The van der Waals surface area contributed by atoms with Crippen LogP contribution in [0.4, 0.5) is 0 Å². The van der Waals surface area contributed by atoms with Gasteiger partial charge in [-0.1, -0.05) is 0 Å². The molecule has 0 N–H and O–H groups in total. The topological polar surface area (TPSA) is 78.0 Å². The van der Waals surface area contributed by atoms with E-state index in [1.165, 1.54) is 4.68 Å². The van der Waals surface area contributed by atoms with Gasteiger partial charge in [0.1, 0.15) is 5.82 Å². The standard InChI is InChI=1S/C20H24N6O2/c1-3-26-18(22-23(2)20(26)28)16-5-4-11-24(13-16)19(27)15-6-8-17(9-7-15)25-12-10-21-14-25/h6-10,12,14,16H,3-5,11,13H2,1-2H3. The molecule has 146 valence electrons. The van der Waals surface area contributed by atoms with E-state index in [9.17, 15) is 9.59 Å². The lowest BCUT2D eigenvalue weighted by atomic mass is 9.96. The van der Waals surface area contributed by atoms with E-state index >= 15 is 0 Å². The number of carbonyl (C=O) groups excluding carboxylic acids is 1. The molecule has 1 aromatic carbocycles. The minimum absolute atomic E-state index is 0.0169. The molecular weight excluding hydrogens is 356 g/mol. The predicted octanol–water partition coefficient (Wildman–Crippen LogP) is 1.81. The molecule has 1 saturated heterocycles. The number of hydrogen-bond acceptors (Lipinski definition) is 4. The SMILES string of the molecule is CCn1c(C2CCCN(C(=O)c3ccc(-n4ccnc4)cc3)C2)nn(C)c1=O. The molecule has 0 saturated carbocycles. The second-order valence-electron chi connectivity index (χ2n) is 7.12. The van der Waals surface area contributed by atoms with Crippen molar-refractivity contribution in [1.82, 2.24) is 28.8 Å². The summed E-state index contributed by atoms with van der Waals surface area (Å²) >= 11 is 0. The van der Waals surface area contributed by atoms with Gasteiger partial charge in [0, 0.05) is 56.2 Å². The van der Waals surface area contributed by atoms with E-state index in [0.29, 0.717) is 18.7 Å². The first-order valence-electron chi connectivity index (χ1n) is 9.60. The van der Waals surface area contributed by atoms with E-state index in [4.69, 9.17) is 0 Å². The third-order valence-corrected chi connectivity index (χ3v) is 5.34. The maximum atomic E-state index is 13.0. The van der Waals surface area contributed by atoms with Crippen LogP contribution in [0.2, 0.25) is 0 Å². The molecule has 1 unspecified atom stereocenters. The molecular formula is C20H24N6O2. The minimum atomic E-state index is -0.101. The summed E-state index contributed by atoms with van der Waals surface area (Å²) in [5.41, 5.74) is 1.53. The molecule has 1 aliphatic heterocycles. The Kier molecular flexibility index (Phi) is 4.85. The fourth-order valence-corrected chi connectivity index (χ4v) is 3.87. The molecule has 8 nitrogen and oxygen atoms in total. The van der Waals surface area contributed by atoms with Gasteiger partial charge in [0.25, 0.3) is 5.91 Å². The zero-order valence-electron chi connectivity index (χ0n) is 16.2. The third kappa shape index (κ3) is 3.26. The van der Waals surface area contributed by atoms with Crippen molar-refractivity contribution in [3.63, 3.8) is 0 Å². The summed E-state index contributed by atoms with van der Waals surface area (Å²) in [6.45, 7) is 3.84. The van der Waals surface area contributed by atoms with E-state index < -0.39 is 0 Å². The Balaban J connectivity index is 1.52. The van der Waals surface area contributed by atoms with Crippen LogP contribution in [0.25, 0.3) is 5.69 Å². The summed E-state index contributed by atoms with van der Waals surface area (Å²) in [7, 11) is 1.67. The van der Waals surface area contributed by atoms with Crippen LogP contribution in [0.3, 0.4) is 0 Å². The van der Waals surface area contributed by atoms with Crippen molar-refractivity contribution in [3.05, 3.63) is 64.9 Å². The average Bonchev–Trinajstić information content (AvgIpc) is 3.36. The Morgan fingerprint density at radius 2 is 2.04 bits per heavy atom. The Bertz CT molecular complexity index is 1020. The zero-order chi connectivity index (χ0) is 19.7. The van der Waals surface area contributed by atoms with Gasteiger partial charge in [-0.15, -0.1) is 0 Å². The molecule has 4 rings (SSSR count). The van der Waals surface area contributed by atoms with Gasteiger partial charge in [0.05, 0.1) is 6.33 Å². The largest absolute Gasteiger partial charge is 0.345 e. The number of benzene rings is 1. The lowest BCUT2D eigenvalue weighted by Crippen LogP contribution is -2.40. The number of aryl methyl sites for hydroxylation is 1. The van der Waals surface area contributed by atoms with Gasteiger partial charge in [-0.3, -0.25) is 9.36 Å². The summed E-state index contributed by atoms with van der Waals surface area (Å²) in [5, 5.41) is 4.43. The molecule has 1 atom stereocenters. The van der Waals surface area contributed by atoms with Gasteiger partial charge < -0.3 is 9.47 Å². The first kappa shape index (κ1) is 18.2. The molecule has 2 aromatic heterocycles. The molecule has 3 aromatic rings. The van der Waals surface area contributed by atoms with Crippen LogP contribution in [0.5, 0.6) is 0 Å². The smallest absolute Gasteiger partial charge is 0.338 e. The van der Waals surface area contributed by atoms with E-state index in [1.54, 1.807) is 24.1 Å². The molecule has 3 heterocycles. The van der Waals surface area contributed by atoms with Crippen molar-refractivity contribution >= 4 is 5.91 Å². The number of imidazole rings is 1. The predicted molar refractivity (Wildman–Crippen MR) is 105 cm³/mol. The molecule has 1 fully saturated rings. The zero-order valence-corrected chi connectivity index (χ0v) is 16.2. The van der Waals surface area contributed by atoms with Crippen molar-refractivity contribution < 1.29 is 4.79 Å². The van der Waals surface area contributed by atoms with Crippen LogP contribution in [0.15, 0.2) is 47.8 Å². The van der Waals surface area contributed by atoms with Gasteiger partial charge in [0.2, 0.25) is 0 Å². The van der Waals surface area contributed by atoms with Crippen molar-refractivity contribution in [2.24, 2.45) is 7.05 Å². The first-order valence-corrected chi connectivity index (χ1v) is 9.60. The fourth-order valence-electron chi connectivity index (χ4n) is 3.87. The van der Waals surface area contributed by atoms with Gasteiger partial charge >= 0.3 is 5.69 Å². The third-order valence-electron chi connectivity index (χ3n) is 5.34. The molecule has 0 aliphatic carbocycles. The number of piperidine rings is 1. The summed E-state index contributed by atoms with van der Waals surface area (Å²) in [4.78, 5) is 31.1. The summed E-state index contributed by atoms with van der Waals surface area (Å²) in [6, 6.07) is 7.54. The molecule has 0 spiro atoms. The number of nitrogens with zero attached hydrogens (tertiary/aromatic N) is 6. The van der Waals surface area contributed by atoms with Crippen molar-refractivity contribution in [2.45, 2.75) is 32.2 Å². The van der Waals surface area contributed by atoms with Crippen LogP contribution >= 0.6 is 0 Å². The van der Waals surface area contributed by atoms with Crippen molar-refractivity contribution in [1.29, 1.82) is 0 Å². The van der Waals surface area contributed by atoms with Gasteiger partial charge in [-0.05, 0) is 44.0 Å². The van der Waals surface area contributed by atoms with Gasteiger partial charge in [-0.2, -0.15) is 5.10 Å². The Hall–Kier alpha value is -3.16. The molecule has 0 radical (unpaired) electrons. The fraction of sp³-hybridized carbons (Fsp3) is 0.400. The van der Waals surface area contributed by atoms with Gasteiger partial charge in [-0.25, -0.2) is 14.5 Å². The molecule has 28 heavy (non-hydrogen) atoms. The summed E-state index contributed by atoms with van der Waals surface area (Å²) in [5.74, 6) is 0.878. The van der Waals surface area contributed by atoms with E-state index in [1.807, 2.05) is 46.9 Å². The normalized spacial score (nSPS) is 17.1. The van der Waals surface area contributed by atoms with Crippen LogP contribution < -0.4 is 5.69 Å². The van der Waals surface area contributed by atoms with Crippen molar-refractivity contribution in [3.8, 4) is 5.69 Å². The molecule has 8 heteroatoms. The van der Waals surface area contributed by atoms with E-state index in [-0.39, 0.29) is 17.5 Å². The molecule has 1 amide bonds. The number of aromatic nitrogens is 5. The minimum Gasteiger partial charge on any atom is -0.338 e. The number of hydrogen-bond donors (Lipinski definition) is 0. The van der Waals surface area contributed by atoms with E-state index in [2.05, 4.69) is 10.1 Å². The first-order chi connectivity index (χ1) is 13.6. The number of rotatable bonds is 4. The number of amides is 1. The maximum Gasteiger partial charge on any atom is 0.345 e. The highest BCUT2D eigenvalue weighted by Crippen LogP contribution is 2.26. The Morgan fingerprint density at radius 1 is 1.25 bits per heavy atom. The van der Waals surface area contributed by atoms with Crippen LogP contribution in [-0.2, 0) is 13.6 Å². The molecule has 1 aliphatic rings. The lowest BCUT2D eigenvalue weighted by molar-refractivity contribution is 0.0703. The Labute approximate surface area is 163 Å². The Morgan fingerprint density at radius 3 is 2.71 bits per heavy atom. The molecule has 0 bridgehead atoms. The quantitative estimate of drug-likeness (QED) is 0.692. The highest BCUT2D eigenvalue weighted by Gasteiger charge is 2.29. The van der Waals surface area contributed by atoms with Crippen LogP contribution in [0.1, 0.15) is 41.9 Å². The highest BCUT2D eigenvalue weighted by atomic mass is 16.2. The maximum absolute atomic E-state index is 13.0.